The lowest BCUT2D eigenvalue weighted by atomic mass is 10.0. The fourth-order valence-corrected chi connectivity index (χ4v) is 2.90. The molecule has 2 heterocycles. The van der Waals surface area contributed by atoms with E-state index in [1.165, 1.54) is 20.1 Å². The quantitative estimate of drug-likeness (QED) is 0.470. The van der Waals surface area contributed by atoms with Crippen LogP contribution in [0.4, 0.5) is 5.82 Å². The molecule has 7 heteroatoms. The van der Waals surface area contributed by atoms with Crippen molar-refractivity contribution in [2.45, 2.75) is 13.8 Å². The number of carbonyl (C=O) groups excluding carboxylic acids is 3. The molecule has 2 aromatic rings. The molecule has 0 N–H and O–H groups in total. The van der Waals surface area contributed by atoms with E-state index in [-0.39, 0.29) is 17.1 Å². The van der Waals surface area contributed by atoms with Gasteiger partial charge in [0.2, 0.25) is 5.91 Å². The number of hydrogen-bond donors (Lipinski definition) is 0. The molecule has 1 aromatic carbocycles. The second-order valence-corrected chi connectivity index (χ2v) is 5.72. The number of aromatic nitrogens is 1. The van der Waals surface area contributed by atoms with E-state index in [9.17, 15) is 14.4 Å². The number of pyridine rings is 1. The molecule has 1 aromatic heterocycles. The average Bonchev–Trinajstić information content (AvgIpc) is 2.97. The summed E-state index contributed by atoms with van der Waals surface area (Å²) >= 11 is 0. The molecule has 2 amide bonds. The van der Waals surface area contributed by atoms with E-state index in [4.69, 9.17) is 4.74 Å². The number of anilines is 1. The number of benzene rings is 1. The summed E-state index contributed by atoms with van der Waals surface area (Å²) in [6.45, 7) is 3.41. The van der Waals surface area contributed by atoms with Crippen LogP contribution < -0.4 is 4.90 Å². The van der Waals surface area contributed by atoms with Gasteiger partial charge in [0.05, 0.1) is 19.3 Å². The Hall–Kier alpha value is -3.48. The fraction of sp³-hybridized carbons (Fsp3) is 0.200. The van der Waals surface area contributed by atoms with Crippen LogP contribution in [0.5, 0.6) is 0 Å². The van der Waals surface area contributed by atoms with Gasteiger partial charge in [-0.15, -0.1) is 0 Å². The topological polar surface area (TPSA) is 85.8 Å². The Kier molecular flexibility index (Phi) is 5.03. The number of fused-ring (bicyclic) bond motifs is 1. The molecule has 0 aliphatic carbocycles. The molecule has 0 saturated heterocycles. The van der Waals surface area contributed by atoms with E-state index in [1.807, 2.05) is 37.3 Å². The summed E-state index contributed by atoms with van der Waals surface area (Å²) in [5.74, 6) is -1.24. The summed E-state index contributed by atoms with van der Waals surface area (Å²) in [5, 5.41) is 0. The number of methoxy groups -OCH3 is 1. The largest absolute Gasteiger partial charge is 0.492 e. The third-order valence-corrected chi connectivity index (χ3v) is 4.03. The second kappa shape index (κ2) is 7.41. The zero-order chi connectivity index (χ0) is 19.6. The summed E-state index contributed by atoms with van der Waals surface area (Å²) in [7, 11) is 1.24. The van der Waals surface area contributed by atoms with Gasteiger partial charge in [0.1, 0.15) is 5.76 Å². The molecule has 0 bridgehead atoms. The highest BCUT2D eigenvalue weighted by Gasteiger charge is 2.40. The van der Waals surface area contributed by atoms with Crippen LogP contribution in [0.25, 0.3) is 11.3 Å². The van der Waals surface area contributed by atoms with Gasteiger partial charge in [0, 0.05) is 18.1 Å². The minimum Gasteiger partial charge on any atom is -0.492 e. The van der Waals surface area contributed by atoms with Crippen molar-refractivity contribution in [3.05, 3.63) is 59.3 Å². The normalized spacial score (nSPS) is 14.6. The monoisotopic (exact) mass is 366 g/mol. The zero-order valence-corrected chi connectivity index (χ0v) is 15.2. The predicted octanol–water partition coefficient (Wildman–Crippen LogP) is 2.67. The van der Waals surface area contributed by atoms with E-state index >= 15 is 0 Å². The standard InChI is InChI=1S/C20H18N2O5/c1-4-27-17(13-8-6-5-7-9-13)16-14-10-11-15(20(25)26-3)21-18(14)22(12(2)23)19(16)24/h5-11H,4H2,1-3H3/b17-16+. The first-order valence-corrected chi connectivity index (χ1v) is 8.36. The fourth-order valence-electron chi connectivity index (χ4n) is 2.90. The molecule has 0 fully saturated rings. The van der Waals surface area contributed by atoms with Crippen LogP contribution in [0.15, 0.2) is 42.5 Å². The van der Waals surface area contributed by atoms with Crippen molar-refractivity contribution >= 4 is 34.9 Å². The first-order valence-electron chi connectivity index (χ1n) is 8.36. The SMILES string of the molecule is CCO/C(=C1/C(=O)N(C(C)=O)c2nc(C(=O)OC)ccc21)c1ccccc1. The van der Waals surface area contributed by atoms with Crippen LogP contribution in [0.2, 0.25) is 0 Å². The molecule has 1 aliphatic rings. The molecular weight excluding hydrogens is 348 g/mol. The third kappa shape index (κ3) is 3.19. The van der Waals surface area contributed by atoms with Crippen molar-refractivity contribution in [2.24, 2.45) is 0 Å². The van der Waals surface area contributed by atoms with Gasteiger partial charge in [0.15, 0.2) is 11.5 Å². The lowest BCUT2D eigenvalue weighted by Gasteiger charge is -2.13. The van der Waals surface area contributed by atoms with E-state index < -0.39 is 17.8 Å². The van der Waals surface area contributed by atoms with E-state index in [2.05, 4.69) is 9.72 Å². The number of nitrogens with zero attached hydrogens (tertiary/aromatic N) is 2. The van der Waals surface area contributed by atoms with Crippen molar-refractivity contribution in [1.82, 2.24) is 4.98 Å². The molecule has 1 aliphatic heterocycles. The van der Waals surface area contributed by atoms with Gasteiger partial charge in [-0.05, 0) is 19.1 Å². The summed E-state index contributed by atoms with van der Waals surface area (Å²) < 4.78 is 10.4. The van der Waals surface area contributed by atoms with Gasteiger partial charge in [-0.3, -0.25) is 9.59 Å². The Labute approximate surface area is 156 Å². The number of imide groups is 1. The van der Waals surface area contributed by atoms with E-state index in [1.54, 1.807) is 6.07 Å². The minimum absolute atomic E-state index is 0.00854. The molecule has 0 spiro atoms. The molecular formula is C20H18N2O5. The number of rotatable bonds is 4. The third-order valence-electron chi connectivity index (χ3n) is 4.03. The van der Waals surface area contributed by atoms with Crippen molar-refractivity contribution in [2.75, 3.05) is 18.6 Å². The predicted molar refractivity (Wildman–Crippen MR) is 98.6 cm³/mol. The van der Waals surface area contributed by atoms with E-state index in [0.717, 1.165) is 4.90 Å². The molecule has 0 saturated carbocycles. The van der Waals surface area contributed by atoms with Crippen molar-refractivity contribution in [1.29, 1.82) is 0 Å². The van der Waals surface area contributed by atoms with Gasteiger partial charge in [-0.2, -0.15) is 0 Å². The smallest absolute Gasteiger partial charge is 0.356 e. The van der Waals surface area contributed by atoms with Gasteiger partial charge in [-0.1, -0.05) is 30.3 Å². The lowest BCUT2D eigenvalue weighted by Crippen LogP contribution is -2.32. The van der Waals surface area contributed by atoms with Crippen molar-refractivity contribution in [3.8, 4) is 0 Å². The molecule has 0 atom stereocenters. The Bertz CT molecular complexity index is 950. The molecule has 138 valence electrons. The Morgan fingerprint density at radius 1 is 1.11 bits per heavy atom. The maximum Gasteiger partial charge on any atom is 0.356 e. The van der Waals surface area contributed by atoms with Gasteiger partial charge >= 0.3 is 5.97 Å². The summed E-state index contributed by atoms with van der Waals surface area (Å²) in [6, 6.07) is 12.2. The molecule has 27 heavy (non-hydrogen) atoms. The minimum atomic E-state index is -0.653. The van der Waals surface area contributed by atoms with Crippen molar-refractivity contribution < 1.29 is 23.9 Å². The molecule has 0 unspecified atom stereocenters. The van der Waals surface area contributed by atoms with Crippen LogP contribution in [0.1, 0.15) is 35.5 Å². The molecule has 3 rings (SSSR count). The second-order valence-electron chi connectivity index (χ2n) is 5.72. The zero-order valence-electron chi connectivity index (χ0n) is 15.2. The van der Waals surface area contributed by atoms with Crippen LogP contribution in [0.3, 0.4) is 0 Å². The number of hydrogen-bond acceptors (Lipinski definition) is 6. The molecule has 7 nitrogen and oxygen atoms in total. The molecule has 0 radical (unpaired) electrons. The summed E-state index contributed by atoms with van der Waals surface area (Å²) in [5.41, 5.74) is 1.37. The summed E-state index contributed by atoms with van der Waals surface area (Å²) in [6.07, 6.45) is 0. The number of amides is 2. The van der Waals surface area contributed by atoms with E-state index in [0.29, 0.717) is 23.5 Å². The maximum absolute atomic E-state index is 13.1. The first-order chi connectivity index (χ1) is 13.0. The Balaban J connectivity index is 2.28. The van der Waals surface area contributed by atoms with Gasteiger partial charge in [0.25, 0.3) is 5.91 Å². The van der Waals surface area contributed by atoms with Gasteiger partial charge < -0.3 is 9.47 Å². The highest BCUT2D eigenvalue weighted by molar-refractivity contribution is 6.42. The first kappa shape index (κ1) is 18.3. The van der Waals surface area contributed by atoms with Crippen LogP contribution >= 0.6 is 0 Å². The van der Waals surface area contributed by atoms with Crippen LogP contribution in [-0.2, 0) is 19.1 Å². The Morgan fingerprint density at radius 3 is 2.41 bits per heavy atom. The maximum atomic E-state index is 13.1. The summed E-state index contributed by atoms with van der Waals surface area (Å²) in [4.78, 5) is 42.1. The number of ether oxygens (including phenoxy) is 2. The lowest BCUT2D eigenvalue weighted by molar-refractivity contribution is -0.122. The highest BCUT2D eigenvalue weighted by Crippen LogP contribution is 2.40. The van der Waals surface area contributed by atoms with Gasteiger partial charge in [-0.25, -0.2) is 14.7 Å². The highest BCUT2D eigenvalue weighted by atomic mass is 16.5. The number of carbonyl (C=O) groups is 3. The van der Waals surface area contributed by atoms with Crippen molar-refractivity contribution in [3.63, 3.8) is 0 Å². The Morgan fingerprint density at radius 2 is 1.81 bits per heavy atom. The van der Waals surface area contributed by atoms with Crippen LogP contribution in [0, 0.1) is 0 Å². The number of esters is 1. The average molecular weight is 366 g/mol. The van der Waals surface area contributed by atoms with Crippen LogP contribution in [-0.4, -0.2) is 36.5 Å².